The number of alkyl carbamates (subject to hydrolysis) is 1. The van der Waals surface area contributed by atoms with E-state index < -0.39 is 35.6 Å². The standard InChI is InChI=1S/C26H39N3O5/c1-9-13-18(5)27-23(31)22(19-14-12-15-20(30)16-19)29(11-3)24(32)21(17(4)10-2)28-25(33)34-26(6,7)8/h3,12,14-18,21-22,30H,9-10,13H2,1-2,4-8H3,(H,27,31)(H,28,33). The molecule has 3 N–H and O–H groups in total. The molecule has 8 heteroatoms. The van der Waals surface area contributed by atoms with E-state index in [9.17, 15) is 19.5 Å². The van der Waals surface area contributed by atoms with E-state index in [4.69, 9.17) is 11.2 Å². The molecular weight excluding hydrogens is 434 g/mol. The summed E-state index contributed by atoms with van der Waals surface area (Å²) in [4.78, 5) is 40.4. The van der Waals surface area contributed by atoms with Crippen LogP contribution in [0.2, 0.25) is 0 Å². The number of aromatic hydroxyl groups is 1. The number of nitrogens with zero attached hydrogens (tertiary/aromatic N) is 1. The number of carbonyl (C=O) groups excluding carboxylic acids is 3. The average molecular weight is 474 g/mol. The molecule has 0 radical (unpaired) electrons. The minimum absolute atomic E-state index is 0.0633. The van der Waals surface area contributed by atoms with Gasteiger partial charge in [-0.3, -0.25) is 14.5 Å². The van der Waals surface area contributed by atoms with Gasteiger partial charge in [0, 0.05) is 12.1 Å². The van der Waals surface area contributed by atoms with Crippen LogP contribution in [-0.4, -0.2) is 45.6 Å². The molecule has 1 aromatic rings. The third kappa shape index (κ3) is 8.62. The van der Waals surface area contributed by atoms with Gasteiger partial charge in [-0.1, -0.05) is 52.2 Å². The van der Waals surface area contributed by atoms with Crippen molar-refractivity contribution < 1.29 is 24.2 Å². The molecule has 0 aliphatic carbocycles. The van der Waals surface area contributed by atoms with Gasteiger partial charge in [-0.25, -0.2) is 4.79 Å². The lowest BCUT2D eigenvalue weighted by atomic mass is 9.96. The first-order valence-electron chi connectivity index (χ1n) is 11.7. The molecule has 0 saturated heterocycles. The zero-order valence-electron chi connectivity index (χ0n) is 21.3. The number of ether oxygens (including phenoxy) is 1. The SMILES string of the molecule is C#CN(C(=O)C(NC(=O)OC(C)(C)C)C(C)CC)C(C(=O)NC(C)CCC)c1cccc(O)c1. The Morgan fingerprint density at radius 2 is 1.82 bits per heavy atom. The van der Waals surface area contributed by atoms with Gasteiger partial charge >= 0.3 is 6.09 Å². The van der Waals surface area contributed by atoms with Crippen molar-refractivity contribution in [2.45, 2.75) is 91.5 Å². The molecule has 0 spiro atoms. The number of benzene rings is 1. The van der Waals surface area contributed by atoms with Crippen molar-refractivity contribution in [1.82, 2.24) is 15.5 Å². The summed E-state index contributed by atoms with van der Waals surface area (Å²) in [6, 6.07) is 6.03. The topological polar surface area (TPSA) is 108 Å². The zero-order chi connectivity index (χ0) is 26.1. The summed E-state index contributed by atoms with van der Waals surface area (Å²) in [6.45, 7) is 12.7. The summed E-state index contributed by atoms with van der Waals surface area (Å²) < 4.78 is 5.33. The van der Waals surface area contributed by atoms with Crippen LogP contribution in [0, 0.1) is 18.4 Å². The highest BCUT2D eigenvalue weighted by atomic mass is 16.6. The molecule has 0 saturated carbocycles. The molecule has 1 rings (SSSR count). The lowest BCUT2D eigenvalue weighted by Crippen LogP contribution is -2.54. The molecule has 0 aliphatic heterocycles. The quantitative estimate of drug-likeness (QED) is 0.350. The lowest BCUT2D eigenvalue weighted by Gasteiger charge is -2.33. The third-order valence-electron chi connectivity index (χ3n) is 5.33. The Balaban J connectivity index is 3.40. The van der Waals surface area contributed by atoms with Gasteiger partial charge in [0.1, 0.15) is 23.4 Å². The minimum atomic E-state index is -1.20. The fourth-order valence-corrected chi connectivity index (χ4v) is 3.47. The molecular formula is C26H39N3O5. The molecule has 4 atom stereocenters. The number of carbonyl (C=O) groups is 3. The number of phenolic OH excluding ortho intramolecular Hbond substituents is 1. The summed E-state index contributed by atoms with van der Waals surface area (Å²) >= 11 is 0. The second-order valence-electron chi connectivity index (χ2n) is 9.54. The number of rotatable bonds is 10. The fourth-order valence-electron chi connectivity index (χ4n) is 3.47. The van der Waals surface area contributed by atoms with Gasteiger partial charge in [-0.2, -0.15) is 0 Å². The van der Waals surface area contributed by atoms with Crippen molar-refractivity contribution in [3.8, 4) is 18.2 Å². The molecule has 188 valence electrons. The normalized spacial score (nSPS) is 14.6. The predicted octanol–water partition coefficient (Wildman–Crippen LogP) is 4.10. The van der Waals surface area contributed by atoms with Gasteiger partial charge in [-0.05, 0) is 57.7 Å². The van der Waals surface area contributed by atoms with Crippen LogP contribution in [0.4, 0.5) is 4.79 Å². The molecule has 0 fully saturated rings. The number of terminal acetylenes is 1. The van der Waals surface area contributed by atoms with Crippen molar-refractivity contribution in [2.75, 3.05) is 0 Å². The maximum absolute atomic E-state index is 13.7. The smallest absolute Gasteiger partial charge is 0.408 e. The number of hydrogen-bond donors (Lipinski definition) is 3. The highest BCUT2D eigenvalue weighted by Gasteiger charge is 2.38. The molecule has 8 nitrogen and oxygen atoms in total. The van der Waals surface area contributed by atoms with Gasteiger partial charge in [0.2, 0.25) is 5.91 Å². The molecule has 0 heterocycles. The van der Waals surface area contributed by atoms with Crippen LogP contribution in [-0.2, 0) is 14.3 Å². The second-order valence-corrected chi connectivity index (χ2v) is 9.54. The monoisotopic (exact) mass is 473 g/mol. The van der Waals surface area contributed by atoms with Gasteiger partial charge < -0.3 is 20.5 Å². The van der Waals surface area contributed by atoms with E-state index in [1.54, 1.807) is 39.8 Å². The van der Waals surface area contributed by atoms with Gasteiger partial charge in [0.05, 0.1) is 0 Å². The van der Waals surface area contributed by atoms with E-state index in [1.807, 2.05) is 20.8 Å². The van der Waals surface area contributed by atoms with E-state index in [1.165, 1.54) is 12.1 Å². The van der Waals surface area contributed by atoms with Crippen LogP contribution in [0.3, 0.4) is 0 Å². The Bertz CT molecular complexity index is 887. The maximum Gasteiger partial charge on any atom is 0.408 e. The van der Waals surface area contributed by atoms with Crippen LogP contribution in [0.25, 0.3) is 0 Å². The fraction of sp³-hybridized carbons (Fsp3) is 0.577. The predicted molar refractivity (Wildman–Crippen MR) is 132 cm³/mol. The van der Waals surface area contributed by atoms with Crippen LogP contribution in [0.1, 0.15) is 79.3 Å². The van der Waals surface area contributed by atoms with Crippen molar-refractivity contribution in [3.63, 3.8) is 0 Å². The summed E-state index contributed by atoms with van der Waals surface area (Å²) in [5.74, 6) is -1.44. The van der Waals surface area contributed by atoms with Crippen molar-refractivity contribution >= 4 is 17.9 Å². The lowest BCUT2D eigenvalue weighted by molar-refractivity contribution is -0.139. The second kappa shape index (κ2) is 12.9. The van der Waals surface area contributed by atoms with Crippen molar-refractivity contribution in [3.05, 3.63) is 29.8 Å². The Kier molecular flexibility index (Phi) is 10.9. The molecule has 0 aromatic heterocycles. The van der Waals surface area contributed by atoms with Crippen LogP contribution in [0.15, 0.2) is 24.3 Å². The molecule has 4 unspecified atom stereocenters. The maximum atomic E-state index is 13.7. The summed E-state index contributed by atoms with van der Waals surface area (Å²) in [7, 11) is 0. The first kappa shape index (κ1) is 28.8. The van der Waals surface area contributed by atoms with E-state index in [2.05, 4.69) is 16.7 Å². The Hall–Kier alpha value is -3.21. The zero-order valence-corrected chi connectivity index (χ0v) is 21.3. The number of phenols is 1. The number of hydrogen-bond acceptors (Lipinski definition) is 5. The van der Waals surface area contributed by atoms with E-state index in [0.717, 1.165) is 17.7 Å². The molecule has 3 amide bonds. The highest BCUT2D eigenvalue weighted by molar-refractivity contribution is 5.93. The summed E-state index contributed by atoms with van der Waals surface area (Å²) in [5.41, 5.74) is -0.397. The van der Waals surface area contributed by atoms with E-state index in [0.29, 0.717) is 12.0 Å². The van der Waals surface area contributed by atoms with Crippen LogP contribution in [0.5, 0.6) is 5.75 Å². The molecule has 0 bridgehead atoms. The number of amides is 3. The van der Waals surface area contributed by atoms with Crippen LogP contribution >= 0.6 is 0 Å². The third-order valence-corrected chi connectivity index (χ3v) is 5.33. The van der Waals surface area contributed by atoms with Gasteiger partial charge in [0.25, 0.3) is 5.91 Å². The minimum Gasteiger partial charge on any atom is -0.508 e. The Morgan fingerprint density at radius 1 is 1.18 bits per heavy atom. The van der Waals surface area contributed by atoms with E-state index >= 15 is 0 Å². The van der Waals surface area contributed by atoms with Gasteiger partial charge in [0.15, 0.2) is 0 Å². The first-order chi connectivity index (χ1) is 15.8. The average Bonchev–Trinajstić information content (AvgIpc) is 2.73. The Morgan fingerprint density at radius 3 is 2.32 bits per heavy atom. The first-order valence-corrected chi connectivity index (χ1v) is 11.7. The van der Waals surface area contributed by atoms with Crippen molar-refractivity contribution in [2.24, 2.45) is 5.92 Å². The molecule has 0 aliphatic rings. The van der Waals surface area contributed by atoms with Crippen LogP contribution < -0.4 is 10.6 Å². The Labute approximate surface area is 203 Å². The van der Waals surface area contributed by atoms with Crippen molar-refractivity contribution in [1.29, 1.82) is 0 Å². The number of nitrogens with one attached hydrogen (secondary N) is 2. The van der Waals surface area contributed by atoms with Gasteiger partial charge in [-0.15, -0.1) is 0 Å². The molecule has 34 heavy (non-hydrogen) atoms. The largest absolute Gasteiger partial charge is 0.508 e. The highest BCUT2D eigenvalue weighted by Crippen LogP contribution is 2.26. The summed E-state index contributed by atoms with van der Waals surface area (Å²) in [5, 5.41) is 15.5. The molecule has 1 aromatic carbocycles. The van der Waals surface area contributed by atoms with E-state index in [-0.39, 0.29) is 17.7 Å². The summed E-state index contributed by atoms with van der Waals surface area (Å²) in [6.07, 6.45) is 7.19.